The predicted octanol–water partition coefficient (Wildman–Crippen LogP) is 4.45. The summed E-state index contributed by atoms with van der Waals surface area (Å²) in [5.74, 6) is 0.267. The molecule has 3 unspecified atom stereocenters. The Morgan fingerprint density at radius 2 is 1.91 bits per heavy atom. The average molecular weight is 439 g/mol. The minimum atomic E-state index is -1.09. The fourth-order valence-electron chi connectivity index (χ4n) is 5.25. The first-order valence-corrected chi connectivity index (χ1v) is 11.2. The Labute approximate surface area is 188 Å². The minimum absolute atomic E-state index is 0.0682. The third-order valence-electron chi connectivity index (χ3n) is 6.96. The van der Waals surface area contributed by atoms with Gasteiger partial charge in [-0.15, -0.1) is 0 Å². The lowest BCUT2D eigenvalue weighted by Gasteiger charge is -2.35. The van der Waals surface area contributed by atoms with Gasteiger partial charge in [0.25, 0.3) is 5.69 Å². The summed E-state index contributed by atoms with van der Waals surface area (Å²) < 4.78 is 11.6. The molecule has 0 aromatic heterocycles. The average Bonchev–Trinajstić information content (AvgIpc) is 3.22. The van der Waals surface area contributed by atoms with Crippen molar-refractivity contribution in [1.29, 1.82) is 0 Å². The van der Waals surface area contributed by atoms with E-state index in [0.29, 0.717) is 30.8 Å². The van der Waals surface area contributed by atoms with Gasteiger partial charge in [-0.3, -0.25) is 14.9 Å². The summed E-state index contributed by atoms with van der Waals surface area (Å²) in [6.07, 6.45) is 4.12. The summed E-state index contributed by atoms with van der Waals surface area (Å²) in [5.41, 5.74) is 0.393. The Morgan fingerprint density at radius 1 is 1.16 bits per heavy atom. The quantitative estimate of drug-likeness (QED) is 0.377. The third kappa shape index (κ3) is 4.21. The molecule has 2 aliphatic rings. The van der Waals surface area contributed by atoms with E-state index in [2.05, 4.69) is 12.1 Å². The largest absolute Gasteiger partial charge is 0.497 e. The van der Waals surface area contributed by atoms with Gasteiger partial charge in [-0.2, -0.15) is 0 Å². The number of likely N-dealkylation sites (N-methyl/N-ethyl adjacent to an activating group) is 1. The third-order valence-corrected chi connectivity index (χ3v) is 6.96. The Bertz CT molecular complexity index is 980. The molecule has 0 bridgehead atoms. The van der Waals surface area contributed by atoms with Crippen molar-refractivity contribution >= 4 is 11.7 Å². The molecule has 1 aliphatic carbocycles. The summed E-state index contributed by atoms with van der Waals surface area (Å²) >= 11 is 0. The lowest BCUT2D eigenvalue weighted by molar-refractivity contribution is -0.386. The summed E-state index contributed by atoms with van der Waals surface area (Å²) in [6, 6.07) is 14.8. The topological polar surface area (TPSA) is 81.9 Å². The van der Waals surface area contributed by atoms with Crippen molar-refractivity contribution < 1.29 is 19.2 Å². The van der Waals surface area contributed by atoms with Crippen LogP contribution < -0.4 is 4.74 Å². The molecule has 3 atom stereocenters. The molecule has 2 aromatic carbocycles. The van der Waals surface area contributed by atoms with E-state index in [1.165, 1.54) is 18.7 Å². The Hall–Kier alpha value is -2.93. The second kappa shape index (κ2) is 9.28. The highest BCUT2D eigenvalue weighted by molar-refractivity contribution is 5.86. The normalized spacial score (nSPS) is 25.9. The highest BCUT2D eigenvalue weighted by Gasteiger charge is 2.51. The number of ether oxygens (including phenoxy) is 2. The zero-order valence-corrected chi connectivity index (χ0v) is 18.7. The molecule has 4 rings (SSSR count). The first kappa shape index (κ1) is 22.3. The molecule has 0 amide bonds. The standard InChI is InChI=1S/C25H30N2O5/c1-26-15-14-25(17-26,21-16-19(31-2)12-13-22(21)27(29)30)24(28)32-23-11-7-6-10-20(23)18-8-4-3-5-9-18/h3-5,8-9,12-13,16,20,23H,6-7,10-11,14-15,17H2,1-2H3. The number of hydrogen-bond acceptors (Lipinski definition) is 6. The monoisotopic (exact) mass is 438 g/mol. The number of nitro groups is 1. The van der Waals surface area contributed by atoms with Gasteiger partial charge in [0, 0.05) is 18.5 Å². The number of rotatable bonds is 6. The summed E-state index contributed by atoms with van der Waals surface area (Å²) in [6.45, 7) is 1.04. The molecule has 1 saturated heterocycles. The van der Waals surface area contributed by atoms with Crippen LogP contribution in [0.1, 0.15) is 49.1 Å². The highest BCUT2D eigenvalue weighted by Crippen LogP contribution is 2.43. The molecule has 0 N–H and O–H groups in total. The van der Waals surface area contributed by atoms with Gasteiger partial charge < -0.3 is 14.4 Å². The van der Waals surface area contributed by atoms with E-state index in [1.54, 1.807) is 12.1 Å². The summed E-state index contributed by atoms with van der Waals surface area (Å²) in [5, 5.41) is 11.9. The summed E-state index contributed by atoms with van der Waals surface area (Å²) in [7, 11) is 3.44. The predicted molar refractivity (Wildman–Crippen MR) is 121 cm³/mol. The Morgan fingerprint density at radius 3 is 2.56 bits per heavy atom. The maximum absolute atomic E-state index is 13.8. The molecule has 1 saturated carbocycles. The molecular formula is C25H30N2O5. The Balaban J connectivity index is 1.70. The maximum Gasteiger partial charge on any atom is 0.318 e. The molecule has 7 nitrogen and oxygen atoms in total. The highest BCUT2D eigenvalue weighted by atomic mass is 16.6. The van der Waals surface area contributed by atoms with E-state index in [4.69, 9.17) is 9.47 Å². The van der Waals surface area contributed by atoms with Crippen LogP contribution >= 0.6 is 0 Å². The fraction of sp³-hybridized carbons (Fsp3) is 0.480. The van der Waals surface area contributed by atoms with E-state index in [1.807, 2.05) is 30.1 Å². The van der Waals surface area contributed by atoms with Crippen molar-refractivity contribution in [2.24, 2.45) is 0 Å². The van der Waals surface area contributed by atoms with Crippen molar-refractivity contribution in [3.05, 3.63) is 69.8 Å². The molecule has 2 fully saturated rings. The van der Waals surface area contributed by atoms with Crippen LogP contribution in [0.5, 0.6) is 5.75 Å². The number of nitrogens with zero attached hydrogens (tertiary/aromatic N) is 2. The van der Waals surface area contributed by atoms with E-state index in [0.717, 1.165) is 25.7 Å². The van der Waals surface area contributed by atoms with E-state index in [9.17, 15) is 14.9 Å². The second-order valence-corrected chi connectivity index (χ2v) is 8.96. The summed E-state index contributed by atoms with van der Waals surface area (Å²) in [4.78, 5) is 27.3. The number of likely N-dealkylation sites (tertiary alicyclic amines) is 1. The first-order valence-electron chi connectivity index (χ1n) is 11.2. The number of esters is 1. The lowest BCUT2D eigenvalue weighted by Crippen LogP contribution is -2.43. The Kier molecular flexibility index (Phi) is 6.46. The molecular weight excluding hydrogens is 408 g/mol. The van der Waals surface area contributed by atoms with Crippen molar-refractivity contribution in [3.8, 4) is 5.75 Å². The van der Waals surface area contributed by atoms with Crippen molar-refractivity contribution in [1.82, 2.24) is 4.90 Å². The van der Waals surface area contributed by atoms with E-state index >= 15 is 0 Å². The van der Waals surface area contributed by atoms with Gasteiger partial charge in [-0.05, 0) is 57.0 Å². The van der Waals surface area contributed by atoms with Gasteiger partial charge in [0.1, 0.15) is 17.3 Å². The molecule has 32 heavy (non-hydrogen) atoms. The van der Waals surface area contributed by atoms with Crippen LogP contribution in [0.15, 0.2) is 48.5 Å². The van der Waals surface area contributed by atoms with Crippen LogP contribution in [0.2, 0.25) is 0 Å². The number of benzene rings is 2. The van der Waals surface area contributed by atoms with Crippen molar-refractivity contribution in [2.75, 3.05) is 27.2 Å². The van der Waals surface area contributed by atoms with Crippen molar-refractivity contribution in [3.63, 3.8) is 0 Å². The van der Waals surface area contributed by atoms with E-state index in [-0.39, 0.29) is 23.7 Å². The number of nitro benzene ring substituents is 1. The van der Waals surface area contributed by atoms with Crippen LogP contribution in [0.3, 0.4) is 0 Å². The molecule has 1 aliphatic heterocycles. The zero-order valence-electron chi connectivity index (χ0n) is 18.7. The fourth-order valence-corrected chi connectivity index (χ4v) is 5.25. The number of methoxy groups -OCH3 is 1. The maximum atomic E-state index is 13.8. The van der Waals surface area contributed by atoms with Gasteiger partial charge in [-0.25, -0.2) is 0 Å². The second-order valence-electron chi connectivity index (χ2n) is 8.96. The smallest absolute Gasteiger partial charge is 0.318 e. The SMILES string of the molecule is COc1ccc([N+](=O)[O-])c(C2(C(=O)OC3CCCCC3c3ccccc3)CCN(C)C2)c1. The molecule has 2 aromatic rings. The number of carbonyl (C=O) groups is 1. The molecule has 1 heterocycles. The van der Waals surface area contributed by atoms with Gasteiger partial charge >= 0.3 is 5.97 Å². The molecule has 0 spiro atoms. The van der Waals surface area contributed by atoms with Crippen LogP contribution in [-0.2, 0) is 14.9 Å². The lowest BCUT2D eigenvalue weighted by atomic mass is 9.77. The van der Waals surface area contributed by atoms with Crippen LogP contribution in [0.25, 0.3) is 0 Å². The van der Waals surface area contributed by atoms with Gasteiger partial charge in [0.05, 0.1) is 17.6 Å². The van der Waals surface area contributed by atoms with Gasteiger partial charge in [0.15, 0.2) is 0 Å². The number of carbonyl (C=O) groups excluding carboxylic acids is 1. The van der Waals surface area contributed by atoms with E-state index < -0.39 is 10.3 Å². The van der Waals surface area contributed by atoms with Gasteiger partial charge in [-0.1, -0.05) is 36.8 Å². The number of hydrogen-bond donors (Lipinski definition) is 0. The zero-order chi connectivity index (χ0) is 22.7. The van der Waals surface area contributed by atoms with Crippen LogP contribution in [-0.4, -0.2) is 49.1 Å². The molecule has 7 heteroatoms. The van der Waals surface area contributed by atoms with Crippen LogP contribution in [0.4, 0.5) is 5.69 Å². The van der Waals surface area contributed by atoms with Gasteiger partial charge in [0.2, 0.25) is 0 Å². The molecule has 170 valence electrons. The van der Waals surface area contributed by atoms with Crippen molar-refractivity contribution in [2.45, 2.75) is 49.5 Å². The van der Waals surface area contributed by atoms with Crippen LogP contribution in [0, 0.1) is 10.1 Å². The molecule has 0 radical (unpaired) electrons. The first-order chi connectivity index (χ1) is 15.4. The minimum Gasteiger partial charge on any atom is -0.497 e.